The quantitative estimate of drug-likeness (QED) is 0.819. The lowest BCUT2D eigenvalue weighted by molar-refractivity contribution is 0.310. The Balaban J connectivity index is 2.51. The molecule has 2 atom stereocenters. The van der Waals surface area contributed by atoms with Crippen molar-refractivity contribution in [1.29, 1.82) is 0 Å². The molecule has 2 nitrogen and oxygen atoms in total. The lowest BCUT2D eigenvalue weighted by Gasteiger charge is -2.33. The van der Waals surface area contributed by atoms with Crippen molar-refractivity contribution in [1.82, 2.24) is 5.32 Å². The lowest BCUT2D eigenvalue weighted by atomic mass is 9.76. The third-order valence-electron chi connectivity index (χ3n) is 3.73. The van der Waals surface area contributed by atoms with Crippen molar-refractivity contribution in [3.8, 4) is 0 Å². The van der Waals surface area contributed by atoms with Crippen LogP contribution in [0.1, 0.15) is 12.5 Å². The average Bonchev–Trinajstić information content (AvgIpc) is 2.86. The lowest BCUT2D eigenvalue weighted by Crippen LogP contribution is -2.45. The summed E-state index contributed by atoms with van der Waals surface area (Å²) in [5, 5.41) is 4.05. The number of benzene rings is 1. The second-order valence-electron chi connectivity index (χ2n) is 4.66. The van der Waals surface area contributed by atoms with E-state index in [0.717, 1.165) is 16.5 Å². The van der Waals surface area contributed by atoms with Gasteiger partial charge >= 0.3 is 0 Å². The molecule has 0 bridgehead atoms. The van der Waals surface area contributed by atoms with E-state index in [1.165, 1.54) is 0 Å². The van der Waals surface area contributed by atoms with Crippen molar-refractivity contribution in [3.63, 3.8) is 0 Å². The van der Waals surface area contributed by atoms with E-state index in [9.17, 15) is 4.39 Å². The summed E-state index contributed by atoms with van der Waals surface area (Å²) in [6, 6.07) is 7.55. The Bertz CT molecular complexity index is 544. The van der Waals surface area contributed by atoms with Gasteiger partial charge in [-0.1, -0.05) is 25.1 Å². The van der Waals surface area contributed by atoms with E-state index in [0.29, 0.717) is 0 Å². The van der Waals surface area contributed by atoms with Gasteiger partial charge in [-0.15, -0.1) is 6.58 Å². The van der Waals surface area contributed by atoms with Gasteiger partial charge in [0.1, 0.15) is 12.3 Å². The highest BCUT2D eigenvalue weighted by molar-refractivity contribution is 5.78. The third-order valence-corrected chi connectivity index (χ3v) is 3.73. The molecule has 2 unspecified atom stereocenters. The van der Waals surface area contributed by atoms with E-state index in [1.54, 1.807) is 19.4 Å². The number of alkyl halides is 1. The molecule has 0 aliphatic heterocycles. The standard InChI is InChI=1S/C15H18FNO/c1-4-15(2,14(10-16)17-3)12-6-5-11-7-8-18-13(11)9-12/h4-9,14,17H,1,10H2,2-3H3. The van der Waals surface area contributed by atoms with E-state index in [1.807, 2.05) is 31.2 Å². The topological polar surface area (TPSA) is 25.2 Å². The fourth-order valence-electron chi connectivity index (χ4n) is 2.29. The smallest absolute Gasteiger partial charge is 0.134 e. The predicted molar refractivity (Wildman–Crippen MR) is 72.6 cm³/mol. The first-order valence-electron chi connectivity index (χ1n) is 6.00. The molecule has 0 radical (unpaired) electrons. The summed E-state index contributed by atoms with van der Waals surface area (Å²) in [4.78, 5) is 0. The van der Waals surface area contributed by atoms with E-state index in [2.05, 4.69) is 11.9 Å². The minimum Gasteiger partial charge on any atom is -0.464 e. The molecule has 0 aliphatic rings. The van der Waals surface area contributed by atoms with Crippen molar-refractivity contribution >= 4 is 11.0 Å². The summed E-state index contributed by atoms with van der Waals surface area (Å²) < 4.78 is 18.5. The number of nitrogens with one attached hydrogen (secondary N) is 1. The second kappa shape index (κ2) is 4.94. The molecule has 0 saturated carbocycles. The summed E-state index contributed by atoms with van der Waals surface area (Å²) in [6.07, 6.45) is 3.45. The molecular weight excluding hydrogens is 229 g/mol. The Hall–Kier alpha value is -1.61. The average molecular weight is 247 g/mol. The Kier molecular flexibility index (Phi) is 3.53. The molecule has 0 aliphatic carbocycles. The van der Waals surface area contributed by atoms with Crippen LogP contribution >= 0.6 is 0 Å². The van der Waals surface area contributed by atoms with Crippen LogP contribution in [-0.2, 0) is 5.41 Å². The number of hydrogen-bond donors (Lipinski definition) is 1. The Morgan fingerprint density at radius 1 is 1.50 bits per heavy atom. The van der Waals surface area contributed by atoms with Gasteiger partial charge in [0.25, 0.3) is 0 Å². The Morgan fingerprint density at radius 2 is 2.28 bits per heavy atom. The van der Waals surface area contributed by atoms with Crippen LogP contribution in [0, 0.1) is 0 Å². The van der Waals surface area contributed by atoms with Gasteiger partial charge in [-0.25, -0.2) is 4.39 Å². The van der Waals surface area contributed by atoms with Crippen LogP contribution in [0.3, 0.4) is 0 Å². The second-order valence-corrected chi connectivity index (χ2v) is 4.66. The summed E-state index contributed by atoms with van der Waals surface area (Å²) in [7, 11) is 1.76. The van der Waals surface area contributed by atoms with E-state index < -0.39 is 12.1 Å². The number of fused-ring (bicyclic) bond motifs is 1. The molecule has 0 saturated heterocycles. The molecule has 96 valence electrons. The van der Waals surface area contributed by atoms with Crippen LogP contribution in [0.4, 0.5) is 4.39 Å². The first-order chi connectivity index (χ1) is 8.65. The molecule has 0 fully saturated rings. The van der Waals surface area contributed by atoms with Crippen LogP contribution in [-0.4, -0.2) is 19.8 Å². The Morgan fingerprint density at radius 3 is 2.89 bits per heavy atom. The minimum atomic E-state index is -0.468. The largest absolute Gasteiger partial charge is 0.464 e. The van der Waals surface area contributed by atoms with Crippen molar-refractivity contribution in [3.05, 3.63) is 48.7 Å². The number of furan rings is 1. The van der Waals surface area contributed by atoms with Crippen LogP contribution in [0.5, 0.6) is 0 Å². The van der Waals surface area contributed by atoms with E-state index in [4.69, 9.17) is 4.42 Å². The maximum Gasteiger partial charge on any atom is 0.134 e. The monoisotopic (exact) mass is 247 g/mol. The molecule has 2 rings (SSSR count). The zero-order valence-corrected chi connectivity index (χ0v) is 10.7. The zero-order chi connectivity index (χ0) is 13.2. The molecular formula is C15H18FNO. The van der Waals surface area contributed by atoms with Crippen molar-refractivity contribution in [2.75, 3.05) is 13.7 Å². The van der Waals surface area contributed by atoms with Crippen molar-refractivity contribution < 1.29 is 8.81 Å². The van der Waals surface area contributed by atoms with Crippen LogP contribution in [0.2, 0.25) is 0 Å². The molecule has 3 heteroatoms. The van der Waals surface area contributed by atoms with Crippen LogP contribution in [0.25, 0.3) is 11.0 Å². The molecule has 1 aromatic carbocycles. The third kappa shape index (κ3) is 1.95. The highest BCUT2D eigenvalue weighted by atomic mass is 19.1. The van der Waals surface area contributed by atoms with Crippen LogP contribution in [0.15, 0.2) is 47.6 Å². The van der Waals surface area contributed by atoms with Gasteiger partial charge in [-0.3, -0.25) is 0 Å². The summed E-state index contributed by atoms with van der Waals surface area (Å²) in [5.41, 5.74) is 1.34. The van der Waals surface area contributed by atoms with Gasteiger partial charge in [0.05, 0.1) is 6.26 Å². The van der Waals surface area contributed by atoms with Gasteiger partial charge < -0.3 is 9.73 Å². The molecule has 1 heterocycles. The maximum absolute atomic E-state index is 13.1. The number of halogens is 1. The fourth-order valence-corrected chi connectivity index (χ4v) is 2.29. The van der Waals surface area contributed by atoms with E-state index in [-0.39, 0.29) is 6.04 Å². The van der Waals surface area contributed by atoms with Gasteiger partial charge in [0.2, 0.25) is 0 Å². The molecule has 18 heavy (non-hydrogen) atoms. The molecule has 0 spiro atoms. The fraction of sp³-hybridized carbons (Fsp3) is 0.333. The van der Waals surface area contributed by atoms with Gasteiger partial charge in [0, 0.05) is 16.8 Å². The SMILES string of the molecule is C=CC(C)(c1ccc2ccoc2c1)C(CF)NC. The summed E-state index contributed by atoms with van der Waals surface area (Å²) in [6.45, 7) is 5.38. The Labute approximate surface area is 106 Å². The first kappa shape index (κ1) is 12.8. The number of hydrogen-bond acceptors (Lipinski definition) is 2. The van der Waals surface area contributed by atoms with Crippen molar-refractivity contribution in [2.45, 2.75) is 18.4 Å². The molecule has 0 amide bonds. The van der Waals surface area contributed by atoms with Gasteiger partial charge in [0.15, 0.2) is 0 Å². The molecule has 1 N–H and O–H groups in total. The zero-order valence-electron chi connectivity index (χ0n) is 10.7. The molecule has 2 aromatic rings. The minimum absolute atomic E-state index is 0.303. The molecule has 1 aromatic heterocycles. The van der Waals surface area contributed by atoms with Gasteiger partial charge in [-0.05, 0) is 24.7 Å². The summed E-state index contributed by atoms with van der Waals surface area (Å²) in [5.74, 6) is 0. The maximum atomic E-state index is 13.1. The van der Waals surface area contributed by atoms with Crippen molar-refractivity contribution in [2.24, 2.45) is 0 Å². The summed E-state index contributed by atoms with van der Waals surface area (Å²) >= 11 is 0. The normalized spacial score (nSPS) is 16.4. The highest BCUT2D eigenvalue weighted by Crippen LogP contribution is 2.31. The van der Waals surface area contributed by atoms with E-state index >= 15 is 0 Å². The predicted octanol–water partition coefficient (Wildman–Crippen LogP) is 3.43. The first-order valence-corrected chi connectivity index (χ1v) is 6.00. The number of rotatable bonds is 5. The van der Waals surface area contributed by atoms with Gasteiger partial charge in [-0.2, -0.15) is 0 Å². The van der Waals surface area contributed by atoms with Crippen LogP contribution < -0.4 is 5.32 Å². The highest BCUT2D eigenvalue weighted by Gasteiger charge is 2.32. The number of likely N-dealkylation sites (N-methyl/N-ethyl adjacent to an activating group) is 1.